The van der Waals surface area contributed by atoms with Crippen molar-refractivity contribution in [1.29, 1.82) is 0 Å². The van der Waals surface area contributed by atoms with Gasteiger partial charge in [-0.15, -0.1) is 0 Å². The summed E-state index contributed by atoms with van der Waals surface area (Å²) in [4.78, 5) is 0. The molecule has 0 radical (unpaired) electrons. The Balaban J connectivity index is 2.05. The Kier molecular flexibility index (Phi) is 3.56. The fraction of sp³-hybridized carbons (Fsp3) is 0.455. The molecule has 0 N–H and O–H groups in total. The number of halogens is 2. The van der Waals surface area contributed by atoms with E-state index in [1.165, 1.54) is 6.07 Å². The molecule has 1 aliphatic heterocycles. The van der Waals surface area contributed by atoms with Crippen LogP contribution in [0.4, 0.5) is 8.78 Å². The molecular formula is C11H13BF2O2. The van der Waals surface area contributed by atoms with Crippen LogP contribution in [0.5, 0.6) is 0 Å². The Morgan fingerprint density at radius 2 is 1.94 bits per heavy atom. The Morgan fingerprint density at radius 1 is 1.25 bits per heavy atom. The Labute approximate surface area is 93.7 Å². The predicted molar refractivity (Wildman–Crippen MR) is 57.4 cm³/mol. The molecule has 1 aromatic rings. The van der Waals surface area contributed by atoms with Crippen molar-refractivity contribution in [2.24, 2.45) is 5.92 Å². The van der Waals surface area contributed by atoms with Crippen LogP contribution in [0.15, 0.2) is 18.2 Å². The van der Waals surface area contributed by atoms with Crippen molar-refractivity contribution in [2.45, 2.75) is 13.3 Å². The molecule has 1 aromatic carbocycles. The van der Waals surface area contributed by atoms with E-state index < -0.39 is 18.8 Å². The van der Waals surface area contributed by atoms with Crippen LogP contribution in [0.2, 0.25) is 0 Å². The molecule has 0 aromatic heterocycles. The smallest absolute Gasteiger partial charge is 0.407 e. The molecule has 0 bridgehead atoms. The Hall–Kier alpha value is -0.935. The standard InChI is InChI=1S/C11H13BF2O2/c1-2-8-6-15-12(16-7-8)9-3-4-10(13)11(14)5-9/h3-5,8H,2,6-7H2,1H3. The lowest BCUT2D eigenvalue weighted by Crippen LogP contribution is -2.44. The highest BCUT2D eigenvalue weighted by Crippen LogP contribution is 2.12. The molecule has 0 unspecified atom stereocenters. The van der Waals surface area contributed by atoms with E-state index in [1.807, 2.05) is 0 Å². The summed E-state index contributed by atoms with van der Waals surface area (Å²) < 4.78 is 36.6. The van der Waals surface area contributed by atoms with E-state index >= 15 is 0 Å². The fourth-order valence-electron chi connectivity index (χ4n) is 1.63. The van der Waals surface area contributed by atoms with Gasteiger partial charge in [-0.2, -0.15) is 0 Å². The van der Waals surface area contributed by atoms with E-state index in [0.29, 0.717) is 24.6 Å². The van der Waals surface area contributed by atoms with E-state index in [9.17, 15) is 8.78 Å². The van der Waals surface area contributed by atoms with Gasteiger partial charge in [0.15, 0.2) is 11.6 Å². The molecule has 2 nitrogen and oxygen atoms in total. The highest BCUT2D eigenvalue weighted by molar-refractivity contribution is 6.61. The van der Waals surface area contributed by atoms with Crippen LogP contribution in [-0.2, 0) is 9.31 Å². The second-order valence-electron chi connectivity index (χ2n) is 3.95. The summed E-state index contributed by atoms with van der Waals surface area (Å²) >= 11 is 0. The molecule has 0 atom stereocenters. The van der Waals surface area contributed by atoms with Gasteiger partial charge in [0.05, 0.1) is 0 Å². The van der Waals surface area contributed by atoms with Crippen LogP contribution in [0.1, 0.15) is 13.3 Å². The van der Waals surface area contributed by atoms with Crippen LogP contribution in [0.3, 0.4) is 0 Å². The molecule has 16 heavy (non-hydrogen) atoms. The lowest BCUT2D eigenvalue weighted by molar-refractivity contribution is 0.0850. The molecule has 86 valence electrons. The van der Waals surface area contributed by atoms with Crippen molar-refractivity contribution < 1.29 is 18.1 Å². The largest absolute Gasteiger partial charge is 0.493 e. The predicted octanol–water partition coefficient (Wildman–Crippen LogP) is 1.73. The molecule has 1 aliphatic rings. The maximum atomic E-state index is 13.0. The molecular weight excluding hydrogens is 213 g/mol. The zero-order valence-electron chi connectivity index (χ0n) is 9.08. The molecule has 0 spiro atoms. The first-order valence-electron chi connectivity index (χ1n) is 5.39. The van der Waals surface area contributed by atoms with Gasteiger partial charge >= 0.3 is 7.12 Å². The first kappa shape index (κ1) is 11.5. The van der Waals surface area contributed by atoms with Crippen molar-refractivity contribution in [3.8, 4) is 0 Å². The molecule has 0 amide bonds. The summed E-state index contributed by atoms with van der Waals surface area (Å²) in [5.41, 5.74) is 0.522. The van der Waals surface area contributed by atoms with E-state index in [-0.39, 0.29) is 0 Å². The summed E-state index contributed by atoms with van der Waals surface area (Å²) in [6.07, 6.45) is 0.991. The van der Waals surface area contributed by atoms with Crippen molar-refractivity contribution in [3.05, 3.63) is 29.8 Å². The molecule has 1 saturated heterocycles. The summed E-state index contributed by atoms with van der Waals surface area (Å²) in [6.45, 7) is 3.26. The minimum absolute atomic E-state index is 0.390. The second-order valence-corrected chi connectivity index (χ2v) is 3.95. The number of hydrogen-bond donors (Lipinski definition) is 0. The highest BCUT2D eigenvalue weighted by Gasteiger charge is 2.28. The topological polar surface area (TPSA) is 18.5 Å². The zero-order valence-corrected chi connectivity index (χ0v) is 9.08. The van der Waals surface area contributed by atoms with Gasteiger partial charge in [0.2, 0.25) is 0 Å². The maximum absolute atomic E-state index is 13.0. The average Bonchev–Trinajstić information content (AvgIpc) is 2.33. The zero-order chi connectivity index (χ0) is 11.5. The van der Waals surface area contributed by atoms with Gasteiger partial charge in [-0.05, 0) is 24.0 Å². The normalized spacial score (nSPS) is 17.8. The summed E-state index contributed by atoms with van der Waals surface area (Å²) in [7, 11) is -0.571. The van der Waals surface area contributed by atoms with Crippen LogP contribution in [0, 0.1) is 17.6 Å². The first-order valence-corrected chi connectivity index (χ1v) is 5.39. The minimum atomic E-state index is -0.873. The summed E-state index contributed by atoms with van der Waals surface area (Å²) in [6, 6.07) is 3.69. The van der Waals surface area contributed by atoms with Crippen molar-refractivity contribution in [2.75, 3.05) is 13.2 Å². The van der Waals surface area contributed by atoms with E-state index in [2.05, 4.69) is 6.92 Å². The van der Waals surface area contributed by atoms with E-state index in [0.717, 1.165) is 18.6 Å². The fourth-order valence-corrected chi connectivity index (χ4v) is 1.63. The molecule has 0 aliphatic carbocycles. The van der Waals surface area contributed by atoms with Gasteiger partial charge in [-0.1, -0.05) is 13.0 Å². The van der Waals surface area contributed by atoms with Gasteiger partial charge in [0.1, 0.15) is 0 Å². The lowest BCUT2D eigenvalue weighted by atomic mass is 9.77. The number of hydrogen-bond acceptors (Lipinski definition) is 2. The number of rotatable bonds is 2. The van der Waals surface area contributed by atoms with Crippen LogP contribution in [-0.4, -0.2) is 20.3 Å². The summed E-state index contributed by atoms with van der Waals surface area (Å²) in [5, 5.41) is 0. The van der Waals surface area contributed by atoms with E-state index in [1.54, 1.807) is 0 Å². The van der Waals surface area contributed by atoms with Crippen LogP contribution in [0.25, 0.3) is 0 Å². The monoisotopic (exact) mass is 226 g/mol. The van der Waals surface area contributed by atoms with Gasteiger partial charge < -0.3 is 9.31 Å². The van der Waals surface area contributed by atoms with E-state index in [4.69, 9.17) is 9.31 Å². The maximum Gasteiger partial charge on any atom is 0.493 e. The molecule has 2 rings (SSSR count). The molecule has 1 heterocycles. The lowest BCUT2D eigenvalue weighted by Gasteiger charge is -2.26. The van der Waals surface area contributed by atoms with Gasteiger partial charge in [0.25, 0.3) is 0 Å². The van der Waals surface area contributed by atoms with Gasteiger partial charge in [-0.3, -0.25) is 0 Å². The minimum Gasteiger partial charge on any atom is -0.407 e. The average molecular weight is 226 g/mol. The van der Waals surface area contributed by atoms with Crippen molar-refractivity contribution in [1.82, 2.24) is 0 Å². The van der Waals surface area contributed by atoms with Gasteiger partial charge in [0, 0.05) is 19.1 Å². The molecule has 5 heteroatoms. The van der Waals surface area contributed by atoms with Gasteiger partial charge in [-0.25, -0.2) is 8.78 Å². The van der Waals surface area contributed by atoms with Crippen molar-refractivity contribution in [3.63, 3.8) is 0 Å². The Morgan fingerprint density at radius 3 is 2.50 bits per heavy atom. The highest BCUT2D eigenvalue weighted by atomic mass is 19.2. The third-order valence-electron chi connectivity index (χ3n) is 2.76. The Bertz CT molecular complexity index is 365. The summed E-state index contributed by atoms with van der Waals surface area (Å²) in [5.74, 6) is -1.34. The molecule has 0 saturated carbocycles. The second kappa shape index (κ2) is 4.93. The third-order valence-corrected chi connectivity index (χ3v) is 2.76. The van der Waals surface area contributed by atoms with Crippen LogP contribution >= 0.6 is 0 Å². The molecule has 1 fully saturated rings. The third kappa shape index (κ3) is 2.41. The SMILES string of the molecule is CCC1COB(c2ccc(F)c(F)c2)OC1. The van der Waals surface area contributed by atoms with Crippen LogP contribution < -0.4 is 5.46 Å². The quantitative estimate of drug-likeness (QED) is 0.715. The number of benzene rings is 1. The first-order chi connectivity index (χ1) is 7.70. The van der Waals surface area contributed by atoms with Crippen molar-refractivity contribution >= 4 is 12.6 Å².